The fraction of sp³-hybridized carbons (Fsp3) is 0.675. The van der Waals surface area contributed by atoms with Crippen LogP contribution >= 0.6 is 0 Å². The molecule has 320 valence electrons. The highest BCUT2D eigenvalue weighted by Gasteiger charge is 2.44. The molecule has 17 nitrogen and oxygen atoms in total. The summed E-state index contributed by atoms with van der Waals surface area (Å²) in [6.07, 6.45) is -0.975. The smallest absolute Gasteiger partial charge is 0.417 e. The van der Waals surface area contributed by atoms with Gasteiger partial charge >= 0.3 is 12.1 Å². The highest BCUT2D eigenvalue weighted by molar-refractivity contribution is 6.01. The van der Waals surface area contributed by atoms with Crippen molar-refractivity contribution in [1.82, 2.24) is 26.2 Å². The van der Waals surface area contributed by atoms with Gasteiger partial charge in [-0.15, -0.1) is 0 Å². The number of methoxy groups -OCH3 is 1. The van der Waals surface area contributed by atoms with Gasteiger partial charge in [-0.1, -0.05) is 64.4 Å². The molecule has 9 atom stereocenters. The van der Waals surface area contributed by atoms with Crippen molar-refractivity contribution < 1.29 is 53.2 Å². The summed E-state index contributed by atoms with van der Waals surface area (Å²) in [4.78, 5) is 93.9. The van der Waals surface area contributed by atoms with E-state index < -0.39 is 108 Å². The highest BCUT2D eigenvalue weighted by Crippen LogP contribution is 2.36. The maximum Gasteiger partial charge on any atom is 0.417 e. The fourth-order valence-corrected chi connectivity index (χ4v) is 6.65. The zero-order valence-electron chi connectivity index (χ0n) is 34.9. The molecule has 0 heterocycles. The van der Waals surface area contributed by atoms with E-state index >= 15 is 0 Å². The number of hydrogen-bond acceptors (Lipinski definition) is 12. The zero-order chi connectivity index (χ0) is 43.4. The van der Waals surface area contributed by atoms with Gasteiger partial charge in [-0.2, -0.15) is 0 Å². The third-order valence-corrected chi connectivity index (χ3v) is 9.91. The van der Waals surface area contributed by atoms with Gasteiger partial charge in [0.25, 0.3) is 5.91 Å². The number of rotatable bonds is 18. The summed E-state index contributed by atoms with van der Waals surface area (Å²) in [7, 11) is 1.22. The van der Waals surface area contributed by atoms with Crippen molar-refractivity contribution in [3.05, 3.63) is 35.9 Å². The SMILES string of the molecule is COC(=O)C(NC(=O)[C@H](NC(=O)[C@@H]1CCCC1C(O)C(Cc1ccccc1)NC(=O)[C@H](C)N(C(=O)OC(C)(C)C)C(=O)[C@H](C)NC(=O)[C@@H](N)CO)C(C)C)C(C)C. The Bertz CT molecular complexity index is 1550. The standard InChI is InChI=1S/C40H64N6O11/c1-21(2)30(36(52)45-31(22(3)4)38(54)56-10)44-34(50)27-18-14-17-26(27)32(48)29(19-25-15-12-11-13-16-25)43-33(49)24(6)46(39(55)57-40(7,8)9)37(53)23(5)42-35(51)28(41)20-47/h11-13,15-16,21-24,26-32,47-48H,14,17-20,41H2,1-10H3,(H,42,51)(H,43,49)(H,44,50)(H,45,52)/t23-,24-,26?,27+,28-,29?,30+,31?,32?/m0/s1. The number of hydrogen-bond donors (Lipinski definition) is 7. The minimum absolute atomic E-state index is 0.109. The molecule has 1 saturated carbocycles. The predicted octanol–water partition coefficient (Wildman–Crippen LogP) is 0.922. The zero-order valence-corrected chi connectivity index (χ0v) is 34.9. The molecule has 17 heteroatoms. The molecule has 0 spiro atoms. The van der Waals surface area contributed by atoms with Gasteiger partial charge in [-0.3, -0.25) is 24.0 Å². The molecule has 1 aliphatic carbocycles. The van der Waals surface area contributed by atoms with Gasteiger partial charge in [0.05, 0.1) is 25.9 Å². The van der Waals surface area contributed by atoms with E-state index in [0.717, 1.165) is 5.56 Å². The summed E-state index contributed by atoms with van der Waals surface area (Å²) in [5.74, 6) is -6.40. The van der Waals surface area contributed by atoms with Gasteiger partial charge in [0.1, 0.15) is 35.8 Å². The fourth-order valence-electron chi connectivity index (χ4n) is 6.65. The molecule has 1 aromatic rings. The third kappa shape index (κ3) is 14.1. The van der Waals surface area contributed by atoms with Crippen LogP contribution in [0.5, 0.6) is 0 Å². The molecule has 1 aromatic carbocycles. The number of esters is 1. The van der Waals surface area contributed by atoms with E-state index in [9.17, 15) is 43.8 Å². The molecule has 6 amide bonds. The lowest BCUT2D eigenvalue weighted by Gasteiger charge is -2.35. The molecule has 8 N–H and O–H groups in total. The number of aliphatic hydroxyl groups is 2. The minimum Gasteiger partial charge on any atom is -0.467 e. The predicted molar refractivity (Wildman–Crippen MR) is 210 cm³/mol. The number of imide groups is 1. The molecule has 1 fully saturated rings. The molecular weight excluding hydrogens is 740 g/mol. The number of nitrogens with zero attached hydrogens (tertiary/aromatic N) is 1. The molecule has 1 aliphatic rings. The first-order valence-corrected chi connectivity index (χ1v) is 19.5. The Balaban J connectivity index is 2.42. The second-order valence-electron chi connectivity index (χ2n) is 16.4. The largest absolute Gasteiger partial charge is 0.467 e. The van der Waals surface area contributed by atoms with Crippen LogP contribution in [0.3, 0.4) is 0 Å². The first-order chi connectivity index (χ1) is 26.5. The number of carbonyl (C=O) groups excluding carboxylic acids is 7. The Morgan fingerprint density at radius 3 is 1.96 bits per heavy atom. The van der Waals surface area contributed by atoms with Crippen molar-refractivity contribution in [3.63, 3.8) is 0 Å². The van der Waals surface area contributed by atoms with Crippen LogP contribution in [0.15, 0.2) is 30.3 Å². The van der Waals surface area contributed by atoms with Crippen LogP contribution in [-0.2, 0) is 44.7 Å². The second-order valence-corrected chi connectivity index (χ2v) is 16.4. The second kappa shape index (κ2) is 21.8. The summed E-state index contributed by atoms with van der Waals surface area (Å²) in [6, 6.07) is 1.81. The van der Waals surface area contributed by atoms with Gasteiger partial charge in [0.15, 0.2) is 0 Å². The van der Waals surface area contributed by atoms with Crippen molar-refractivity contribution in [2.45, 2.75) is 136 Å². The Labute approximate surface area is 335 Å². The maximum absolute atomic E-state index is 14.1. The number of benzene rings is 1. The third-order valence-electron chi connectivity index (χ3n) is 9.91. The van der Waals surface area contributed by atoms with Gasteiger partial charge < -0.3 is 46.7 Å². The lowest BCUT2D eigenvalue weighted by atomic mass is 9.84. The van der Waals surface area contributed by atoms with Gasteiger partial charge in [0.2, 0.25) is 23.6 Å². The Morgan fingerprint density at radius 1 is 0.842 bits per heavy atom. The van der Waals surface area contributed by atoms with Crippen LogP contribution in [0, 0.1) is 23.7 Å². The quantitative estimate of drug-likeness (QED) is 0.102. The molecular formula is C40H64N6O11. The number of ether oxygens (including phenoxy) is 2. The first-order valence-electron chi connectivity index (χ1n) is 19.5. The van der Waals surface area contributed by atoms with Crippen molar-refractivity contribution in [2.75, 3.05) is 13.7 Å². The van der Waals surface area contributed by atoms with Crippen LogP contribution in [0.1, 0.15) is 87.1 Å². The Kier molecular flexibility index (Phi) is 18.6. The van der Waals surface area contributed by atoms with Crippen molar-refractivity contribution in [2.24, 2.45) is 29.4 Å². The molecule has 0 bridgehead atoms. The van der Waals surface area contributed by atoms with Gasteiger partial charge in [-0.05, 0) is 77.2 Å². The Hall–Kier alpha value is -4.61. The van der Waals surface area contributed by atoms with Gasteiger partial charge in [0, 0.05) is 5.92 Å². The summed E-state index contributed by atoms with van der Waals surface area (Å²) in [6.45, 7) is 13.6. The average Bonchev–Trinajstić information content (AvgIpc) is 3.64. The number of amides is 6. The lowest BCUT2D eigenvalue weighted by Crippen LogP contribution is -2.60. The summed E-state index contributed by atoms with van der Waals surface area (Å²) in [5.41, 5.74) is 5.25. The van der Waals surface area contributed by atoms with Crippen LogP contribution in [0.2, 0.25) is 0 Å². The number of carbonyl (C=O) groups is 7. The van der Waals surface area contributed by atoms with E-state index in [1.165, 1.54) is 21.0 Å². The summed E-state index contributed by atoms with van der Waals surface area (Å²) in [5, 5.41) is 32.0. The first kappa shape index (κ1) is 48.5. The minimum atomic E-state index is -1.52. The van der Waals surface area contributed by atoms with Crippen LogP contribution in [0.25, 0.3) is 0 Å². The monoisotopic (exact) mass is 804 g/mol. The lowest BCUT2D eigenvalue weighted by molar-refractivity contribution is -0.147. The van der Waals surface area contributed by atoms with Crippen LogP contribution in [-0.4, -0.2) is 118 Å². The van der Waals surface area contributed by atoms with E-state index in [2.05, 4.69) is 21.3 Å². The van der Waals surface area contributed by atoms with E-state index in [4.69, 9.17) is 15.2 Å². The summed E-state index contributed by atoms with van der Waals surface area (Å²) < 4.78 is 10.3. The molecule has 0 radical (unpaired) electrons. The molecule has 57 heavy (non-hydrogen) atoms. The highest BCUT2D eigenvalue weighted by atomic mass is 16.6. The van der Waals surface area contributed by atoms with E-state index in [1.54, 1.807) is 78.8 Å². The molecule has 0 saturated heterocycles. The molecule has 2 rings (SSSR count). The van der Waals surface area contributed by atoms with Crippen molar-refractivity contribution in [1.29, 1.82) is 0 Å². The van der Waals surface area contributed by atoms with Gasteiger partial charge in [-0.25, -0.2) is 14.5 Å². The van der Waals surface area contributed by atoms with Crippen molar-refractivity contribution >= 4 is 41.6 Å². The number of nitrogens with one attached hydrogen (secondary N) is 4. The van der Waals surface area contributed by atoms with E-state index in [0.29, 0.717) is 24.2 Å². The Morgan fingerprint density at radius 2 is 1.44 bits per heavy atom. The van der Waals surface area contributed by atoms with Crippen molar-refractivity contribution in [3.8, 4) is 0 Å². The van der Waals surface area contributed by atoms with E-state index in [1.807, 2.05) is 0 Å². The van der Waals surface area contributed by atoms with Crippen LogP contribution in [0.4, 0.5) is 4.79 Å². The molecule has 0 aromatic heterocycles. The average molecular weight is 805 g/mol. The maximum atomic E-state index is 14.1. The number of aliphatic hydroxyl groups excluding tert-OH is 2. The number of nitrogens with two attached hydrogens (primary N) is 1. The van der Waals surface area contributed by atoms with Crippen LogP contribution < -0.4 is 27.0 Å². The van der Waals surface area contributed by atoms with E-state index in [-0.39, 0.29) is 18.3 Å². The normalized spacial score (nSPS) is 19.2. The molecule has 0 aliphatic heterocycles. The summed E-state index contributed by atoms with van der Waals surface area (Å²) >= 11 is 0. The molecule has 4 unspecified atom stereocenters. The topological polar surface area (TPSA) is 256 Å².